The second-order valence-electron chi connectivity index (χ2n) is 6.45. The zero-order valence-electron chi connectivity index (χ0n) is 15.4. The lowest BCUT2D eigenvalue weighted by atomic mass is 9.90. The van der Waals surface area contributed by atoms with Gasteiger partial charge in [-0.2, -0.15) is 13.2 Å². The summed E-state index contributed by atoms with van der Waals surface area (Å²) in [7, 11) is -8.18. The normalized spacial score (nSPS) is 12.7. The summed E-state index contributed by atoms with van der Waals surface area (Å²) in [4.78, 5) is -0.716. The Kier molecular flexibility index (Phi) is 5.52. The van der Waals surface area contributed by atoms with Crippen molar-refractivity contribution in [2.75, 3.05) is 6.26 Å². The Hall–Kier alpha value is -2.69. The molecule has 0 atom stereocenters. The van der Waals surface area contributed by atoms with Gasteiger partial charge in [0.1, 0.15) is 0 Å². The molecule has 10 heteroatoms. The van der Waals surface area contributed by atoms with E-state index in [0.717, 1.165) is 12.3 Å². The standard InChI is InChI=1S/C20H15F3NO4S2/c1-29(25,26)17-11-4-3-8-15(17)19-14(9-6-10-16(19)20(21,22)23)13-7-2-5-12-18(13)30(24,27)28/h2-9,11-12H,1H3,(H2,24,27,28). The number of halogens is 3. The van der Waals surface area contributed by atoms with Gasteiger partial charge in [-0.05, 0) is 23.8 Å². The van der Waals surface area contributed by atoms with Crippen molar-refractivity contribution in [2.45, 2.75) is 16.0 Å². The van der Waals surface area contributed by atoms with Gasteiger partial charge in [0.2, 0.25) is 10.0 Å². The van der Waals surface area contributed by atoms with Gasteiger partial charge in [-0.1, -0.05) is 48.5 Å². The van der Waals surface area contributed by atoms with E-state index in [0.29, 0.717) is 0 Å². The molecule has 0 aliphatic carbocycles. The highest BCUT2D eigenvalue weighted by atomic mass is 32.2. The maximum atomic E-state index is 13.9. The Labute approximate surface area is 171 Å². The van der Waals surface area contributed by atoms with E-state index in [9.17, 15) is 30.0 Å². The average Bonchev–Trinajstić information content (AvgIpc) is 2.65. The highest BCUT2D eigenvalue weighted by Gasteiger charge is 2.36. The van der Waals surface area contributed by atoms with E-state index in [1.165, 1.54) is 54.6 Å². The van der Waals surface area contributed by atoms with Crippen molar-refractivity contribution in [3.05, 3.63) is 72.3 Å². The summed E-state index contributed by atoms with van der Waals surface area (Å²) >= 11 is 0. The molecule has 0 fully saturated rings. The van der Waals surface area contributed by atoms with Crippen LogP contribution in [0.1, 0.15) is 5.56 Å². The van der Waals surface area contributed by atoms with Crippen LogP contribution in [0.5, 0.6) is 0 Å². The second-order valence-corrected chi connectivity index (χ2v) is 9.96. The second kappa shape index (κ2) is 7.53. The van der Waals surface area contributed by atoms with Crippen LogP contribution in [0.15, 0.2) is 70.5 Å². The third-order valence-electron chi connectivity index (χ3n) is 4.32. The quantitative estimate of drug-likeness (QED) is 0.647. The molecule has 5 nitrogen and oxygen atoms in total. The van der Waals surface area contributed by atoms with Crippen molar-refractivity contribution in [3.8, 4) is 22.3 Å². The van der Waals surface area contributed by atoms with Gasteiger partial charge >= 0.3 is 6.18 Å². The van der Waals surface area contributed by atoms with Crippen LogP contribution in [0.2, 0.25) is 0 Å². The van der Waals surface area contributed by atoms with Gasteiger partial charge in [0, 0.05) is 22.9 Å². The molecule has 3 aromatic carbocycles. The molecule has 0 aliphatic rings. The van der Waals surface area contributed by atoms with Gasteiger partial charge in [0.15, 0.2) is 9.84 Å². The van der Waals surface area contributed by atoms with E-state index < -0.39 is 37.2 Å². The van der Waals surface area contributed by atoms with Crippen molar-refractivity contribution < 1.29 is 30.0 Å². The number of hydrogen-bond donors (Lipinski definition) is 1. The Morgan fingerprint density at radius 3 is 1.87 bits per heavy atom. The number of sulfonamides is 1. The summed E-state index contributed by atoms with van der Waals surface area (Å²) in [6, 6.07) is 14.9. The minimum atomic E-state index is -4.88. The van der Waals surface area contributed by atoms with Crippen molar-refractivity contribution in [1.29, 1.82) is 0 Å². The molecular weight excluding hydrogens is 439 g/mol. The molecule has 2 N–H and O–H groups in total. The molecule has 3 aromatic rings. The highest BCUT2D eigenvalue weighted by Crippen LogP contribution is 2.45. The van der Waals surface area contributed by atoms with Gasteiger partial charge in [-0.15, -0.1) is 0 Å². The maximum Gasteiger partial charge on any atom is 0.417 e. The first-order chi connectivity index (χ1) is 13.8. The Morgan fingerprint density at radius 1 is 0.800 bits per heavy atom. The molecule has 0 saturated carbocycles. The van der Waals surface area contributed by atoms with Gasteiger partial charge in [0.25, 0.3) is 0 Å². The Balaban J connectivity index is 2.54. The van der Waals surface area contributed by atoms with E-state index in [1.807, 2.05) is 0 Å². The topological polar surface area (TPSA) is 94.3 Å². The third kappa shape index (κ3) is 4.25. The average molecular weight is 454 g/mol. The lowest BCUT2D eigenvalue weighted by molar-refractivity contribution is -0.137. The predicted octanol–water partition coefficient (Wildman–Crippen LogP) is 3.89. The molecule has 157 valence electrons. The molecular formula is C20H15F3NO4S2. The molecule has 0 amide bonds. The van der Waals surface area contributed by atoms with Crippen LogP contribution >= 0.6 is 0 Å². The predicted molar refractivity (Wildman–Crippen MR) is 106 cm³/mol. The monoisotopic (exact) mass is 454 g/mol. The van der Waals surface area contributed by atoms with Crippen LogP contribution in [0.4, 0.5) is 13.2 Å². The number of benzene rings is 3. The lowest BCUT2D eigenvalue weighted by Gasteiger charge is -2.20. The van der Waals surface area contributed by atoms with Crippen molar-refractivity contribution >= 4 is 19.9 Å². The van der Waals surface area contributed by atoms with E-state index in [4.69, 9.17) is 5.14 Å². The fourth-order valence-corrected chi connectivity index (χ4v) is 4.81. The van der Waals surface area contributed by atoms with Gasteiger partial charge in [-0.25, -0.2) is 22.0 Å². The SMILES string of the molecule is CS(=O)(=O)c1ccccc1-c1c(C(F)(F)F)[c]ccc1-c1ccccc1S(N)(=O)=O. The molecule has 0 spiro atoms. The number of alkyl halides is 3. The van der Waals surface area contributed by atoms with Crippen LogP contribution in [0.3, 0.4) is 0 Å². The zero-order chi connectivity index (χ0) is 22.3. The highest BCUT2D eigenvalue weighted by molar-refractivity contribution is 7.90. The molecule has 0 aliphatic heterocycles. The number of sulfone groups is 1. The number of primary sulfonamides is 1. The summed E-state index contributed by atoms with van der Waals surface area (Å²) in [5.74, 6) is 0. The number of nitrogens with two attached hydrogens (primary N) is 1. The largest absolute Gasteiger partial charge is 0.417 e. The van der Waals surface area contributed by atoms with Crippen molar-refractivity contribution in [3.63, 3.8) is 0 Å². The smallest absolute Gasteiger partial charge is 0.225 e. The van der Waals surface area contributed by atoms with Crippen LogP contribution in [0, 0.1) is 6.07 Å². The first-order valence-electron chi connectivity index (χ1n) is 8.35. The molecule has 0 unspecified atom stereocenters. The van der Waals surface area contributed by atoms with E-state index in [2.05, 4.69) is 6.07 Å². The molecule has 1 radical (unpaired) electrons. The fraction of sp³-hybridized carbons (Fsp3) is 0.100. The van der Waals surface area contributed by atoms with Crippen LogP contribution in [-0.4, -0.2) is 23.1 Å². The fourth-order valence-electron chi connectivity index (χ4n) is 3.16. The van der Waals surface area contributed by atoms with Crippen LogP contribution in [0.25, 0.3) is 22.3 Å². The van der Waals surface area contributed by atoms with Crippen molar-refractivity contribution in [2.24, 2.45) is 5.14 Å². The van der Waals surface area contributed by atoms with Crippen molar-refractivity contribution in [1.82, 2.24) is 0 Å². The van der Waals surface area contributed by atoms with Gasteiger partial charge in [0.05, 0.1) is 15.4 Å². The lowest BCUT2D eigenvalue weighted by Crippen LogP contribution is -2.14. The molecule has 0 aromatic heterocycles. The number of hydrogen-bond acceptors (Lipinski definition) is 4. The van der Waals surface area contributed by atoms with Gasteiger partial charge in [-0.3, -0.25) is 0 Å². The zero-order valence-corrected chi connectivity index (χ0v) is 17.1. The summed E-state index contributed by atoms with van der Waals surface area (Å²) in [6.45, 7) is 0. The minimum Gasteiger partial charge on any atom is -0.225 e. The van der Waals surface area contributed by atoms with E-state index in [1.54, 1.807) is 0 Å². The Bertz CT molecular complexity index is 1330. The van der Waals surface area contributed by atoms with Crippen LogP contribution < -0.4 is 5.14 Å². The summed E-state index contributed by atoms with van der Waals surface area (Å²) < 4.78 is 90.2. The number of rotatable bonds is 4. The molecule has 0 bridgehead atoms. The summed E-state index contributed by atoms with van der Waals surface area (Å²) in [5, 5.41) is 5.25. The molecule has 0 heterocycles. The molecule has 30 heavy (non-hydrogen) atoms. The molecule has 0 saturated heterocycles. The molecule has 3 rings (SSSR count). The summed E-state index contributed by atoms with van der Waals surface area (Å²) in [5.41, 5.74) is -2.16. The third-order valence-corrected chi connectivity index (χ3v) is 6.44. The van der Waals surface area contributed by atoms with Crippen LogP contribution in [-0.2, 0) is 26.0 Å². The summed E-state index contributed by atoms with van der Waals surface area (Å²) in [6.07, 6.45) is -4.00. The first kappa shape index (κ1) is 22.0. The van der Waals surface area contributed by atoms with Gasteiger partial charge < -0.3 is 0 Å². The first-order valence-corrected chi connectivity index (χ1v) is 11.8. The van der Waals surface area contributed by atoms with E-state index in [-0.39, 0.29) is 26.5 Å². The Morgan fingerprint density at radius 2 is 1.33 bits per heavy atom. The minimum absolute atomic E-state index is 0.0854. The van der Waals surface area contributed by atoms with E-state index >= 15 is 0 Å². The maximum absolute atomic E-state index is 13.9.